The first-order chi connectivity index (χ1) is 11.6. The Labute approximate surface area is 147 Å². The number of methoxy groups -OCH3 is 1. The van der Waals surface area contributed by atoms with Gasteiger partial charge in [-0.1, -0.05) is 24.4 Å². The molecule has 0 spiro atoms. The fraction of sp³-hybridized carbons (Fsp3) is 0.556. The molecule has 0 aromatic heterocycles. The van der Waals surface area contributed by atoms with Crippen molar-refractivity contribution in [2.24, 2.45) is 5.92 Å². The quantitative estimate of drug-likeness (QED) is 0.841. The molecule has 1 aromatic rings. The topological polar surface area (TPSA) is 49.9 Å². The Balaban J connectivity index is 1.71. The van der Waals surface area contributed by atoms with Gasteiger partial charge in [-0.3, -0.25) is 9.59 Å². The highest BCUT2D eigenvalue weighted by molar-refractivity contribution is 6.32. The molecule has 2 aliphatic rings. The van der Waals surface area contributed by atoms with E-state index in [1.807, 2.05) is 4.90 Å². The zero-order valence-corrected chi connectivity index (χ0v) is 14.7. The van der Waals surface area contributed by atoms with E-state index >= 15 is 0 Å². The second kappa shape index (κ2) is 7.43. The minimum absolute atomic E-state index is 0.0237. The van der Waals surface area contributed by atoms with E-state index < -0.39 is 0 Å². The van der Waals surface area contributed by atoms with Crippen molar-refractivity contribution in [3.8, 4) is 5.75 Å². The fourth-order valence-corrected chi connectivity index (χ4v) is 3.75. The number of anilines is 1. The van der Waals surface area contributed by atoms with Crippen molar-refractivity contribution in [1.82, 2.24) is 4.90 Å². The lowest BCUT2D eigenvalue weighted by Gasteiger charge is -2.24. The molecule has 6 heteroatoms. The van der Waals surface area contributed by atoms with Gasteiger partial charge in [0.05, 0.1) is 18.1 Å². The first-order valence-electron chi connectivity index (χ1n) is 8.53. The summed E-state index contributed by atoms with van der Waals surface area (Å²) < 4.78 is 5.14. The van der Waals surface area contributed by atoms with Gasteiger partial charge in [0.25, 0.3) is 0 Å². The summed E-state index contributed by atoms with van der Waals surface area (Å²) in [6.45, 7) is 2.06. The Morgan fingerprint density at radius 3 is 2.54 bits per heavy atom. The molecule has 1 aromatic carbocycles. The maximum Gasteiger partial charge on any atom is 0.228 e. The standard InChI is InChI=1S/C18H23ClN2O3/c1-24-16-7-6-14(11-15(16)19)21-12-13(10-17(21)22)18(23)20-8-4-2-3-5-9-20/h6-7,11,13H,2-5,8-10,12H2,1H3. The van der Waals surface area contributed by atoms with Gasteiger partial charge in [-0.2, -0.15) is 0 Å². The molecular weight excluding hydrogens is 328 g/mol. The van der Waals surface area contributed by atoms with E-state index in [1.165, 1.54) is 12.8 Å². The maximum atomic E-state index is 12.7. The molecule has 2 aliphatic heterocycles. The van der Waals surface area contributed by atoms with Crippen molar-refractivity contribution >= 4 is 29.1 Å². The average molecular weight is 351 g/mol. The molecule has 2 heterocycles. The van der Waals surface area contributed by atoms with Crippen molar-refractivity contribution in [3.05, 3.63) is 23.2 Å². The normalized spacial score (nSPS) is 21.8. The largest absolute Gasteiger partial charge is 0.495 e. The molecule has 1 unspecified atom stereocenters. The molecule has 24 heavy (non-hydrogen) atoms. The number of amides is 2. The van der Waals surface area contributed by atoms with Crippen LogP contribution in [0.25, 0.3) is 0 Å². The van der Waals surface area contributed by atoms with E-state index in [0.29, 0.717) is 17.3 Å². The lowest BCUT2D eigenvalue weighted by Crippen LogP contribution is -2.38. The molecule has 0 saturated carbocycles. The van der Waals surface area contributed by atoms with Crippen molar-refractivity contribution in [2.45, 2.75) is 32.1 Å². The zero-order valence-electron chi connectivity index (χ0n) is 14.0. The van der Waals surface area contributed by atoms with Crippen LogP contribution in [0, 0.1) is 5.92 Å². The van der Waals surface area contributed by atoms with Crippen molar-refractivity contribution in [2.75, 3.05) is 31.6 Å². The summed E-state index contributed by atoms with van der Waals surface area (Å²) in [4.78, 5) is 28.7. The Hall–Kier alpha value is -1.75. The molecule has 0 N–H and O–H groups in total. The molecule has 3 rings (SSSR count). The minimum Gasteiger partial charge on any atom is -0.495 e. The van der Waals surface area contributed by atoms with Crippen LogP contribution in [-0.4, -0.2) is 43.5 Å². The number of carbonyl (C=O) groups excluding carboxylic acids is 2. The molecule has 0 radical (unpaired) electrons. The number of nitrogens with zero attached hydrogens (tertiary/aromatic N) is 2. The summed E-state index contributed by atoms with van der Waals surface area (Å²) >= 11 is 6.16. The molecular formula is C18H23ClN2O3. The van der Waals surface area contributed by atoms with E-state index in [0.717, 1.165) is 31.6 Å². The highest BCUT2D eigenvalue weighted by Crippen LogP contribution is 2.33. The summed E-state index contributed by atoms with van der Waals surface area (Å²) in [6, 6.07) is 5.27. The Morgan fingerprint density at radius 1 is 1.21 bits per heavy atom. The molecule has 2 fully saturated rings. The summed E-state index contributed by atoms with van der Waals surface area (Å²) in [5, 5.41) is 0.463. The van der Waals surface area contributed by atoms with Gasteiger partial charge in [-0.15, -0.1) is 0 Å². The second-order valence-corrected chi connectivity index (χ2v) is 6.87. The number of ether oxygens (including phenoxy) is 1. The maximum absolute atomic E-state index is 12.7. The Morgan fingerprint density at radius 2 is 1.92 bits per heavy atom. The Kier molecular flexibility index (Phi) is 5.29. The smallest absolute Gasteiger partial charge is 0.228 e. The number of halogens is 1. The zero-order chi connectivity index (χ0) is 17.1. The number of carbonyl (C=O) groups is 2. The lowest BCUT2D eigenvalue weighted by atomic mass is 10.1. The van der Waals surface area contributed by atoms with Gasteiger partial charge in [0, 0.05) is 31.7 Å². The number of hydrogen-bond acceptors (Lipinski definition) is 3. The molecule has 2 amide bonds. The van der Waals surface area contributed by atoms with Gasteiger partial charge in [0.2, 0.25) is 11.8 Å². The van der Waals surface area contributed by atoms with Crippen LogP contribution >= 0.6 is 11.6 Å². The van der Waals surface area contributed by atoms with Crippen molar-refractivity contribution in [3.63, 3.8) is 0 Å². The van der Waals surface area contributed by atoms with Crippen LogP contribution in [0.5, 0.6) is 5.75 Å². The molecule has 0 aliphatic carbocycles. The number of likely N-dealkylation sites (tertiary alicyclic amines) is 1. The third-order valence-electron chi connectivity index (χ3n) is 4.84. The monoisotopic (exact) mass is 350 g/mol. The van der Waals surface area contributed by atoms with Gasteiger partial charge in [-0.05, 0) is 31.0 Å². The van der Waals surface area contributed by atoms with Gasteiger partial charge in [0.1, 0.15) is 5.75 Å². The van der Waals surface area contributed by atoms with Crippen molar-refractivity contribution < 1.29 is 14.3 Å². The number of benzene rings is 1. The van der Waals surface area contributed by atoms with Crippen molar-refractivity contribution in [1.29, 1.82) is 0 Å². The average Bonchev–Trinajstić information content (AvgIpc) is 2.79. The predicted molar refractivity (Wildman–Crippen MR) is 93.5 cm³/mol. The van der Waals surface area contributed by atoms with E-state index in [4.69, 9.17) is 16.3 Å². The van der Waals surface area contributed by atoms with Crippen LogP contribution in [0.3, 0.4) is 0 Å². The SMILES string of the molecule is COc1ccc(N2CC(C(=O)N3CCCCCC3)CC2=O)cc1Cl. The summed E-state index contributed by atoms with van der Waals surface area (Å²) in [6.07, 6.45) is 4.76. The van der Waals surface area contributed by atoms with E-state index in [9.17, 15) is 9.59 Å². The third kappa shape index (κ3) is 3.51. The van der Waals surface area contributed by atoms with E-state index in [1.54, 1.807) is 30.2 Å². The van der Waals surface area contributed by atoms with Crippen LogP contribution in [-0.2, 0) is 9.59 Å². The highest BCUT2D eigenvalue weighted by atomic mass is 35.5. The molecule has 130 valence electrons. The third-order valence-corrected chi connectivity index (χ3v) is 5.13. The predicted octanol–water partition coefficient (Wildman–Crippen LogP) is 3.10. The molecule has 0 bridgehead atoms. The number of hydrogen-bond donors (Lipinski definition) is 0. The molecule has 2 saturated heterocycles. The van der Waals surface area contributed by atoms with E-state index in [-0.39, 0.29) is 24.2 Å². The lowest BCUT2D eigenvalue weighted by molar-refractivity contribution is -0.135. The molecule has 5 nitrogen and oxygen atoms in total. The van der Waals surface area contributed by atoms with E-state index in [2.05, 4.69) is 0 Å². The first kappa shape index (κ1) is 17.1. The van der Waals surface area contributed by atoms with Gasteiger partial charge in [0.15, 0.2) is 0 Å². The van der Waals surface area contributed by atoms with Crippen LogP contribution in [0.2, 0.25) is 5.02 Å². The summed E-state index contributed by atoms with van der Waals surface area (Å²) in [5.41, 5.74) is 0.719. The van der Waals surface area contributed by atoms with Gasteiger partial charge >= 0.3 is 0 Å². The minimum atomic E-state index is -0.253. The second-order valence-electron chi connectivity index (χ2n) is 6.46. The van der Waals surface area contributed by atoms with Crippen LogP contribution in [0.15, 0.2) is 18.2 Å². The first-order valence-corrected chi connectivity index (χ1v) is 8.90. The summed E-state index contributed by atoms with van der Waals surface area (Å²) in [5.74, 6) is 0.414. The molecule has 1 atom stereocenters. The number of rotatable bonds is 3. The van der Waals surface area contributed by atoms with Gasteiger partial charge < -0.3 is 14.5 Å². The highest BCUT2D eigenvalue weighted by Gasteiger charge is 2.37. The van der Waals surface area contributed by atoms with Crippen LogP contribution < -0.4 is 9.64 Å². The fourth-order valence-electron chi connectivity index (χ4n) is 3.49. The Bertz CT molecular complexity index is 627. The van der Waals surface area contributed by atoms with Crippen LogP contribution in [0.1, 0.15) is 32.1 Å². The van der Waals surface area contributed by atoms with Crippen LogP contribution in [0.4, 0.5) is 5.69 Å². The summed E-state index contributed by atoms with van der Waals surface area (Å²) in [7, 11) is 1.55. The van der Waals surface area contributed by atoms with Gasteiger partial charge in [-0.25, -0.2) is 0 Å².